The van der Waals surface area contributed by atoms with Crippen LogP contribution in [0.4, 0.5) is 0 Å². The zero-order valence-electron chi connectivity index (χ0n) is 14.3. The summed E-state index contributed by atoms with van der Waals surface area (Å²) in [4.78, 5) is 14.4. The number of carbonyl (C=O) groups excluding carboxylic acids is 1. The molecule has 0 fully saturated rings. The number of benzene rings is 1. The van der Waals surface area contributed by atoms with Gasteiger partial charge >= 0.3 is 0 Å². The average Bonchev–Trinajstić information content (AvgIpc) is 2.93. The van der Waals surface area contributed by atoms with Crippen LogP contribution in [0.3, 0.4) is 0 Å². The van der Waals surface area contributed by atoms with Crippen LogP contribution in [-0.2, 0) is 6.54 Å². The van der Waals surface area contributed by atoms with Gasteiger partial charge in [0.2, 0.25) is 0 Å². The Labute approximate surface area is 137 Å². The second-order valence-corrected chi connectivity index (χ2v) is 5.76. The van der Waals surface area contributed by atoms with Crippen LogP contribution in [0.5, 0.6) is 0 Å². The molecule has 0 bridgehead atoms. The Balaban J connectivity index is 2.15. The lowest BCUT2D eigenvalue weighted by Crippen LogP contribution is -2.35. The summed E-state index contributed by atoms with van der Waals surface area (Å²) in [5.74, 6) is -0.0962. The van der Waals surface area contributed by atoms with E-state index in [2.05, 4.69) is 5.10 Å². The van der Waals surface area contributed by atoms with E-state index in [0.717, 1.165) is 16.8 Å². The summed E-state index contributed by atoms with van der Waals surface area (Å²) in [5, 5.41) is 14.7. The molecule has 0 aliphatic heterocycles. The number of aliphatic hydroxyl groups excluding tert-OH is 1. The van der Waals surface area contributed by atoms with Gasteiger partial charge in [0.25, 0.3) is 5.91 Å². The van der Waals surface area contributed by atoms with E-state index in [9.17, 15) is 9.90 Å². The van der Waals surface area contributed by atoms with Gasteiger partial charge in [-0.1, -0.05) is 29.8 Å². The minimum atomic E-state index is -0.696. The molecule has 0 aliphatic carbocycles. The van der Waals surface area contributed by atoms with Crippen LogP contribution >= 0.6 is 0 Å². The minimum Gasteiger partial charge on any atom is -0.387 e. The maximum absolute atomic E-state index is 12.7. The monoisotopic (exact) mass is 315 g/mol. The van der Waals surface area contributed by atoms with Crippen LogP contribution in [0, 0.1) is 13.8 Å². The first-order valence-corrected chi connectivity index (χ1v) is 8.04. The molecule has 1 atom stereocenters. The second-order valence-electron chi connectivity index (χ2n) is 5.76. The predicted molar refractivity (Wildman–Crippen MR) is 90.4 cm³/mol. The fourth-order valence-corrected chi connectivity index (χ4v) is 2.58. The molecule has 0 aliphatic rings. The molecule has 0 saturated carbocycles. The summed E-state index contributed by atoms with van der Waals surface area (Å²) >= 11 is 0. The third-order valence-corrected chi connectivity index (χ3v) is 3.95. The second kappa shape index (κ2) is 7.42. The molecule has 0 spiro atoms. The van der Waals surface area contributed by atoms with E-state index in [-0.39, 0.29) is 12.5 Å². The van der Waals surface area contributed by atoms with Gasteiger partial charge in [-0.05, 0) is 39.3 Å². The molecule has 1 amide bonds. The van der Waals surface area contributed by atoms with Crippen molar-refractivity contribution in [1.82, 2.24) is 14.7 Å². The molecule has 2 aromatic rings. The quantitative estimate of drug-likeness (QED) is 0.891. The number of aromatic nitrogens is 2. The highest BCUT2D eigenvalue weighted by molar-refractivity contribution is 5.92. The molecule has 1 heterocycles. The standard InChI is InChI=1S/C18H25N3O2/c1-5-20(12-17(22)15-9-7-13(3)8-10-15)18(23)16-11-14(4)19-21(16)6-2/h7-11,17,22H,5-6,12H2,1-4H3. The van der Waals surface area contributed by atoms with Gasteiger partial charge in [0.1, 0.15) is 5.69 Å². The molecular formula is C18H25N3O2. The van der Waals surface area contributed by atoms with Crippen molar-refractivity contribution in [3.8, 4) is 0 Å². The molecule has 2 rings (SSSR count). The van der Waals surface area contributed by atoms with Crippen LogP contribution in [0.1, 0.15) is 47.3 Å². The van der Waals surface area contributed by atoms with E-state index in [0.29, 0.717) is 18.8 Å². The van der Waals surface area contributed by atoms with Gasteiger partial charge in [0.15, 0.2) is 0 Å². The van der Waals surface area contributed by atoms with E-state index in [1.807, 2.05) is 52.0 Å². The third kappa shape index (κ3) is 3.99. The molecule has 0 saturated heterocycles. The fraction of sp³-hybridized carbons (Fsp3) is 0.444. The summed E-state index contributed by atoms with van der Waals surface area (Å²) in [7, 11) is 0. The van der Waals surface area contributed by atoms with Crippen molar-refractivity contribution in [2.45, 2.75) is 40.3 Å². The van der Waals surface area contributed by atoms with E-state index in [4.69, 9.17) is 0 Å². The molecule has 5 nitrogen and oxygen atoms in total. The highest BCUT2D eigenvalue weighted by Crippen LogP contribution is 2.17. The molecule has 1 N–H and O–H groups in total. The van der Waals surface area contributed by atoms with Crippen molar-refractivity contribution in [2.24, 2.45) is 0 Å². The van der Waals surface area contributed by atoms with Crippen molar-refractivity contribution in [2.75, 3.05) is 13.1 Å². The zero-order valence-corrected chi connectivity index (χ0v) is 14.3. The van der Waals surface area contributed by atoms with Gasteiger partial charge in [0, 0.05) is 13.1 Å². The van der Waals surface area contributed by atoms with E-state index < -0.39 is 6.10 Å². The summed E-state index contributed by atoms with van der Waals surface area (Å²) in [6.45, 7) is 9.21. The van der Waals surface area contributed by atoms with E-state index in [1.54, 1.807) is 15.6 Å². The molecule has 23 heavy (non-hydrogen) atoms. The van der Waals surface area contributed by atoms with Crippen LogP contribution in [0.25, 0.3) is 0 Å². The number of hydrogen-bond acceptors (Lipinski definition) is 3. The Morgan fingerprint density at radius 2 is 1.91 bits per heavy atom. The van der Waals surface area contributed by atoms with Crippen molar-refractivity contribution in [1.29, 1.82) is 0 Å². The molecule has 124 valence electrons. The molecule has 1 unspecified atom stereocenters. The van der Waals surface area contributed by atoms with E-state index >= 15 is 0 Å². The topological polar surface area (TPSA) is 58.4 Å². The Morgan fingerprint density at radius 3 is 2.48 bits per heavy atom. The predicted octanol–water partition coefficient (Wildman–Crippen LogP) is 2.72. The average molecular weight is 315 g/mol. The SMILES string of the molecule is CCN(CC(O)c1ccc(C)cc1)C(=O)c1cc(C)nn1CC. The van der Waals surface area contributed by atoms with Crippen molar-refractivity contribution in [3.05, 3.63) is 52.8 Å². The number of likely N-dealkylation sites (N-methyl/N-ethyl adjacent to an activating group) is 1. The van der Waals surface area contributed by atoms with Crippen LogP contribution < -0.4 is 0 Å². The number of aliphatic hydroxyl groups is 1. The maximum Gasteiger partial charge on any atom is 0.272 e. The lowest BCUT2D eigenvalue weighted by Gasteiger charge is -2.24. The summed E-state index contributed by atoms with van der Waals surface area (Å²) in [6.07, 6.45) is -0.696. The van der Waals surface area contributed by atoms with Crippen LogP contribution in [-0.4, -0.2) is 38.8 Å². The Hall–Kier alpha value is -2.14. The number of aryl methyl sites for hydroxylation is 3. The van der Waals surface area contributed by atoms with Gasteiger partial charge in [-0.2, -0.15) is 5.10 Å². The number of rotatable bonds is 6. The summed E-state index contributed by atoms with van der Waals surface area (Å²) in [5.41, 5.74) is 3.36. The maximum atomic E-state index is 12.7. The normalized spacial score (nSPS) is 12.2. The first-order chi connectivity index (χ1) is 11.0. The van der Waals surface area contributed by atoms with Gasteiger partial charge in [-0.25, -0.2) is 0 Å². The minimum absolute atomic E-state index is 0.0962. The Morgan fingerprint density at radius 1 is 1.26 bits per heavy atom. The number of amides is 1. The summed E-state index contributed by atoms with van der Waals surface area (Å²) in [6, 6.07) is 9.53. The van der Waals surface area contributed by atoms with Gasteiger partial charge < -0.3 is 10.0 Å². The first-order valence-electron chi connectivity index (χ1n) is 8.04. The smallest absolute Gasteiger partial charge is 0.272 e. The molecule has 5 heteroatoms. The largest absolute Gasteiger partial charge is 0.387 e. The van der Waals surface area contributed by atoms with Crippen molar-refractivity contribution < 1.29 is 9.90 Å². The van der Waals surface area contributed by atoms with Crippen LogP contribution in [0.2, 0.25) is 0 Å². The number of hydrogen-bond donors (Lipinski definition) is 1. The Kier molecular flexibility index (Phi) is 5.55. The first kappa shape index (κ1) is 17.2. The molecule has 1 aromatic heterocycles. The molecular weight excluding hydrogens is 290 g/mol. The van der Waals surface area contributed by atoms with Gasteiger partial charge in [-0.15, -0.1) is 0 Å². The highest BCUT2D eigenvalue weighted by Gasteiger charge is 2.22. The van der Waals surface area contributed by atoms with Crippen LogP contribution in [0.15, 0.2) is 30.3 Å². The fourth-order valence-electron chi connectivity index (χ4n) is 2.58. The molecule has 0 radical (unpaired) electrons. The lowest BCUT2D eigenvalue weighted by molar-refractivity contribution is 0.0623. The van der Waals surface area contributed by atoms with Crippen molar-refractivity contribution in [3.63, 3.8) is 0 Å². The van der Waals surface area contributed by atoms with Gasteiger partial charge in [-0.3, -0.25) is 9.48 Å². The third-order valence-electron chi connectivity index (χ3n) is 3.95. The van der Waals surface area contributed by atoms with Gasteiger partial charge in [0.05, 0.1) is 18.3 Å². The summed E-state index contributed by atoms with van der Waals surface area (Å²) < 4.78 is 1.71. The highest BCUT2D eigenvalue weighted by atomic mass is 16.3. The number of carbonyl (C=O) groups is 1. The molecule has 1 aromatic carbocycles. The van der Waals surface area contributed by atoms with Crippen molar-refractivity contribution >= 4 is 5.91 Å². The number of nitrogens with zero attached hydrogens (tertiary/aromatic N) is 3. The zero-order chi connectivity index (χ0) is 17.0. The van der Waals surface area contributed by atoms with E-state index in [1.165, 1.54) is 0 Å². The lowest BCUT2D eigenvalue weighted by atomic mass is 10.1. The Bertz CT molecular complexity index is 661.